The summed E-state index contributed by atoms with van der Waals surface area (Å²) in [6.45, 7) is 3.95. The molecular formula is C13H14ClN3O. The second kappa shape index (κ2) is 4.82. The Bertz CT molecular complexity index is 599. The molecule has 18 heavy (non-hydrogen) atoms. The van der Waals surface area contributed by atoms with Crippen molar-refractivity contribution in [2.75, 3.05) is 12.8 Å². The second-order valence-corrected chi connectivity index (χ2v) is 4.44. The van der Waals surface area contributed by atoms with Crippen LogP contribution < -0.4 is 10.5 Å². The molecular weight excluding hydrogens is 250 g/mol. The van der Waals surface area contributed by atoms with E-state index in [9.17, 15) is 0 Å². The van der Waals surface area contributed by atoms with Gasteiger partial charge in [-0.1, -0.05) is 11.6 Å². The average Bonchev–Trinajstić information content (AvgIpc) is 2.35. The standard InChI is InChI=1S/C13H14ClN3O/c1-7-5-10(18-3)8(2)4-9(7)12-11(14)13(15)17-6-16-12/h4-6H,1-3H3,(H2,15,16,17). The van der Waals surface area contributed by atoms with Gasteiger partial charge in [0.2, 0.25) is 0 Å². The molecule has 1 aromatic carbocycles. The molecule has 4 nitrogen and oxygen atoms in total. The maximum atomic E-state index is 6.14. The number of nitrogens with two attached hydrogens (primary N) is 1. The molecule has 0 bridgehead atoms. The van der Waals surface area contributed by atoms with Gasteiger partial charge in [0.15, 0.2) is 0 Å². The van der Waals surface area contributed by atoms with Crippen LogP contribution in [0.15, 0.2) is 18.5 Å². The first-order valence-corrected chi connectivity index (χ1v) is 5.84. The van der Waals surface area contributed by atoms with Gasteiger partial charge in [0, 0.05) is 5.56 Å². The molecule has 0 aliphatic carbocycles. The van der Waals surface area contributed by atoms with E-state index in [2.05, 4.69) is 9.97 Å². The number of aromatic nitrogens is 2. The molecule has 5 heteroatoms. The summed E-state index contributed by atoms with van der Waals surface area (Å²) in [5, 5.41) is 0.380. The minimum absolute atomic E-state index is 0.287. The first kappa shape index (κ1) is 12.6. The minimum atomic E-state index is 0.287. The smallest absolute Gasteiger partial charge is 0.146 e. The van der Waals surface area contributed by atoms with E-state index >= 15 is 0 Å². The van der Waals surface area contributed by atoms with Crippen molar-refractivity contribution < 1.29 is 4.74 Å². The lowest BCUT2D eigenvalue weighted by atomic mass is 10.0. The van der Waals surface area contributed by atoms with Crippen LogP contribution in [-0.4, -0.2) is 17.1 Å². The van der Waals surface area contributed by atoms with Gasteiger partial charge >= 0.3 is 0 Å². The SMILES string of the molecule is COc1cc(C)c(-c2ncnc(N)c2Cl)cc1C. The first-order valence-electron chi connectivity index (χ1n) is 5.46. The van der Waals surface area contributed by atoms with Crippen molar-refractivity contribution in [1.82, 2.24) is 9.97 Å². The molecule has 0 amide bonds. The number of nitrogen functional groups attached to an aromatic ring is 1. The Morgan fingerprint density at radius 3 is 2.56 bits per heavy atom. The maximum absolute atomic E-state index is 6.14. The third-order valence-electron chi connectivity index (χ3n) is 2.81. The summed E-state index contributed by atoms with van der Waals surface area (Å²) in [7, 11) is 1.65. The molecule has 1 heterocycles. The Hall–Kier alpha value is -1.81. The largest absolute Gasteiger partial charge is 0.496 e. The zero-order valence-corrected chi connectivity index (χ0v) is 11.2. The number of hydrogen-bond acceptors (Lipinski definition) is 4. The van der Waals surface area contributed by atoms with Crippen LogP contribution in [0.25, 0.3) is 11.3 Å². The van der Waals surface area contributed by atoms with Crippen molar-refractivity contribution >= 4 is 17.4 Å². The van der Waals surface area contributed by atoms with E-state index in [1.165, 1.54) is 6.33 Å². The van der Waals surface area contributed by atoms with E-state index < -0.39 is 0 Å². The number of hydrogen-bond donors (Lipinski definition) is 1. The second-order valence-electron chi connectivity index (χ2n) is 4.06. The molecule has 1 aromatic heterocycles. The van der Waals surface area contributed by atoms with E-state index in [0.29, 0.717) is 10.7 Å². The Labute approximate surface area is 111 Å². The number of nitrogens with zero attached hydrogens (tertiary/aromatic N) is 2. The summed E-state index contributed by atoms with van der Waals surface area (Å²) in [5.74, 6) is 1.13. The van der Waals surface area contributed by atoms with E-state index in [0.717, 1.165) is 22.4 Å². The quantitative estimate of drug-likeness (QED) is 0.905. The first-order chi connectivity index (χ1) is 8.54. The number of ether oxygens (including phenoxy) is 1. The molecule has 0 atom stereocenters. The van der Waals surface area contributed by atoms with E-state index in [1.54, 1.807) is 7.11 Å². The average molecular weight is 264 g/mol. The third kappa shape index (κ3) is 2.11. The summed E-state index contributed by atoms with van der Waals surface area (Å²) < 4.78 is 5.28. The molecule has 0 unspecified atom stereocenters. The lowest BCUT2D eigenvalue weighted by Crippen LogP contribution is -1.98. The number of benzene rings is 1. The minimum Gasteiger partial charge on any atom is -0.496 e. The fraction of sp³-hybridized carbons (Fsp3) is 0.231. The number of anilines is 1. The van der Waals surface area contributed by atoms with Gasteiger partial charge in [0.1, 0.15) is 22.9 Å². The highest BCUT2D eigenvalue weighted by atomic mass is 35.5. The number of halogens is 1. The van der Waals surface area contributed by atoms with Crippen LogP contribution in [0.4, 0.5) is 5.82 Å². The zero-order chi connectivity index (χ0) is 13.3. The van der Waals surface area contributed by atoms with Gasteiger partial charge in [0.25, 0.3) is 0 Å². The number of methoxy groups -OCH3 is 1. The van der Waals surface area contributed by atoms with E-state index in [4.69, 9.17) is 22.1 Å². The van der Waals surface area contributed by atoms with Gasteiger partial charge in [-0.15, -0.1) is 0 Å². The normalized spacial score (nSPS) is 10.4. The highest BCUT2D eigenvalue weighted by Gasteiger charge is 2.13. The van der Waals surface area contributed by atoms with Crippen molar-refractivity contribution in [2.24, 2.45) is 0 Å². The van der Waals surface area contributed by atoms with Crippen LogP contribution in [0.1, 0.15) is 11.1 Å². The zero-order valence-electron chi connectivity index (χ0n) is 10.5. The summed E-state index contributed by atoms with van der Waals surface area (Å²) in [4.78, 5) is 8.06. The molecule has 0 spiro atoms. The van der Waals surface area contributed by atoms with Crippen LogP contribution in [0.5, 0.6) is 5.75 Å². The predicted molar refractivity (Wildman–Crippen MR) is 72.9 cm³/mol. The molecule has 0 saturated carbocycles. The van der Waals surface area contributed by atoms with Crippen LogP contribution in [0, 0.1) is 13.8 Å². The van der Waals surface area contributed by atoms with Gasteiger partial charge in [-0.3, -0.25) is 0 Å². The number of aryl methyl sites for hydroxylation is 2. The third-order valence-corrected chi connectivity index (χ3v) is 3.19. The molecule has 2 N–H and O–H groups in total. The van der Waals surface area contributed by atoms with Crippen molar-refractivity contribution in [1.29, 1.82) is 0 Å². The Morgan fingerprint density at radius 2 is 1.89 bits per heavy atom. The van der Waals surface area contributed by atoms with Crippen LogP contribution in [0.2, 0.25) is 5.02 Å². The van der Waals surface area contributed by atoms with Crippen molar-refractivity contribution in [3.63, 3.8) is 0 Å². The molecule has 94 valence electrons. The van der Waals surface area contributed by atoms with Crippen molar-refractivity contribution in [3.05, 3.63) is 34.6 Å². The summed E-state index contributed by atoms with van der Waals surface area (Å²) in [6, 6.07) is 3.95. The van der Waals surface area contributed by atoms with Gasteiger partial charge in [0.05, 0.1) is 12.8 Å². The van der Waals surface area contributed by atoms with Crippen molar-refractivity contribution in [2.45, 2.75) is 13.8 Å². The van der Waals surface area contributed by atoms with Gasteiger partial charge in [-0.05, 0) is 37.1 Å². The predicted octanol–water partition coefficient (Wildman–Crippen LogP) is 3.00. The molecule has 0 aliphatic heterocycles. The van der Waals surface area contributed by atoms with Crippen LogP contribution >= 0.6 is 11.6 Å². The Balaban J connectivity index is 2.64. The number of rotatable bonds is 2. The van der Waals surface area contributed by atoms with Crippen LogP contribution in [-0.2, 0) is 0 Å². The van der Waals surface area contributed by atoms with Gasteiger partial charge in [-0.2, -0.15) is 0 Å². The summed E-state index contributed by atoms with van der Waals surface area (Å²) in [6.07, 6.45) is 1.41. The maximum Gasteiger partial charge on any atom is 0.146 e. The molecule has 2 aromatic rings. The van der Waals surface area contributed by atoms with Gasteiger partial charge in [-0.25, -0.2) is 9.97 Å². The highest BCUT2D eigenvalue weighted by Crippen LogP contribution is 2.34. The Morgan fingerprint density at radius 1 is 1.17 bits per heavy atom. The lowest BCUT2D eigenvalue weighted by molar-refractivity contribution is 0.411. The molecule has 0 radical (unpaired) electrons. The molecule has 0 saturated heterocycles. The molecule has 2 rings (SSSR count). The van der Waals surface area contributed by atoms with E-state index in [-0.39, 0.29) is 5.82 Å². The molecule has 0 aliphatic rings. The fourth-order valence-corrected chi connectivity index (χ4v) is 2.04. The lowest BCUT2D eigenvalue weighted by Gasteiger charge is -2.12. The topological polar surface area (TPSA) is 61.0 Å². The van der Waals surface area contributed by atoms with Crippen molar-refractivity contribution in [3.8, 4) is 17.0 Å². The van der Waals surface area contributed by atoms with Crippen LogP contribution in [0.3, 0.4) is 0 Å². The summed E-state index contributed by atoms with van der Waals surface area (Å²) in [5.41, 5.74) is 9.32. The summed E-state index contributed by atoms with van der Waals surface area (Å²) >= 11 is 6.14. The fourth-order valence-electron chi connectivity index (χ4n) is 1.84. The highest BCUT2D eigenvalue weighted by molar-refractivity contribution is 6.35. The van der Waals surface area contributed by atoms with E-state index in [1.807, 2.05) is 26.0 Å². The Kier molecular flexibility index (Phi) is 3.39. The molecule has 0 fully saturated rings. The van der Waals surface area contributed by atoms with Gasteiger partial charge < -0.3 is 10.5 Å². The monoisotopic (exact) mass is 263 g/mol.